The van der Waals surface area contributed by atoms with E-state index in [1.54, 1.807) is 18.7 Å². The molecule has 9 heteroatoms. The molecule has 0 unspecified atom stereocenters. The molecule has 9 nitrogen and oxygen atoms in total. The number of nitrogens with zero attached hydrogens (tertiary/aromatic N) is 4. The Labute approximate surface area is 171 Å². The van der Waals surface area contributed by atoms with Crippen LogP contribution in [0.3, 0.4) is 0 Å². The van der Waals surface area contributed by atoms with Gasteiger partial charge in [-0.25, -0.2) is 4.79 Å². The van der Waals surface area contributed by atoms with Crippen molar-refractivity contribution in [2.24, 2.45) is 14.1 Å². The van der Waals surface area contributed by atoms with Crippen molar-refractivity contribution in [3.05, 3.63) is 63.3 Å². The molecule has 1 atom stereocenters. The monoisotopic (exact) mass is 409 g/mol. The Morgan fingerprint density at radius 2 is 1.83 bits per heavy atom. The molecule has 0 aliphatic heterocycles. The van der Waals surface area contributed by atoms with E-state index < -0.39 is 17.4 Å². The van der Waals surface area contributed by atoms with E-state index in [0.29, 0.717) is 11.7 Å². The van der Waals surface area contributed by atoms with Crippen LogP contribution in [-0.2, 0) is 20.6 Å². The lowest BCUT2D eigenvalue weighted by molar-refractivity contribution is 0.0939. The summed E-state index contributed by atoms with van der Waals surface area (Å²) in [5.74, 6) is 1.03. The van der Waals surface area contributed by atoms with Gasteiger partial charge >= 0.3 is 5.69 Å². The minimum atomic E-state index is -0.900. The molecule has 4 rings (SSSR count). The van der Waals surface area contributed by atoms with Gasteiger partial charge in [0.2, 0.25) is 5.95 Å². The van der Waals surface area contributed by atoms with E-state index >= 15 is 0 Å². The maximum absolute atomic E-state index is 12.7. The Kier molecular flexibility index (Phi) is 5.04. The molecule has 0 fully saturated rings. The third-order valence-electron chi connectivity index (χ3n) is 5.13. The molecular formula is C21H23N5O4. The van der Waals surface area contributed by atoms with Gasteiger partial charge in [-0.1, -0.05) is 30.3 Å². The third-order valence-corrected chi connectivity index (χ3v) is 5.13. The van der Waals surface area contributed by atoms with Crippen LogP contribution in [0.25, 0.3) is 21.9 Å². The lowest BCUT2D eigenvalue weighted by Gasteiger charge is -2.15. The van der Waals surface area contributed by atoms with Crippen molar-refractivity contribution in [2.45, 2.75) is 12.6 Å². The smallest absolute Gasteiger partial charge is 0.332 e. The van der Waals surface area contributed by atoms with E-state index in [-0.39, 0.29) is 24.3 Å². The maximum atomic E-state index is 12.7. The van der Waals surface area contributed by atoms with Crippen molar-refractivity contribution in [1.82, 2.24) is 18.7 Å². The van der Waals surface area contributed by atoms with Crippen molar-refractivity contribution < 1.29 is 9.84 Å². The van der Waals surface area contributed by atoms with Crippen molar-refractivity contribution in [3.8, 4) is 5.75 Å². The van der Waals surface area contributed by atoms with Crippen LogP contribution >= 0.6 is 0 Å². The topological polar surface area (TPSA) is 103 Å². The molecule has 0 aliphatic carbocycles. The number of nitrogens with one attached hydrogen (secondary N) is 1. The lowest BCUT2D eigenvalue weighted by atomic mass is 10.1. The highest BCUT2D eigenvalue weighted by Crippen LogP contribution is 2.21. The number of benzene rings is 2. The molecule has 2 heterocycles. The molecule has 0 bridgehead atoms. The number of aryl methyl sites for hydroxylation is 1. The summed E-state index contributed by atoms with van der Waals surface area (Å²) in [5, 5.41) is 15.6. The van der Waals surface area contributed by atoms with E-state index in [1.807, 2.05) is 42.5 Å². The molecule has 0 saturated carbocycles. The first-order valence-corrected chi connectivity index (χ1v) is 9.54. The SMILES string of the molecule is CNc1nc2c(c(=O)n(C)c(=O)n2C)n1C[C@@H](O)COc1ccc2ccccc2c1. The standard InChI is InChI=1S/C21H23N5O4/c1-22-20-23-18-17(19(28)25(3)21(29)24(18)2)26(20)11-15(27)12-30-16-9-8-13-6-4-5-7-14(13)10-16/h4-10,15,27H,11-12H2,1-3H3,(H,22,23)/t15-/m1/s1. The van der Waals surface area contributed by atoms with E-state index in [0.717, 1.165) is 15.3 Å². The molecule has 2 aromatic carbocycles. The summed E-state index contributed by atoms with van der Waals surface area (Å²) < 4.78 is 9.68. The molecule has 2 N–H and O–H groups in total. The largest absolute Gasteiger partial charge is 0.491 e. The predicted molar refractivity (Wildman–Crippen MR) is 115 cm³/mol. The molecular weight excluding hydrogens is 386 g/mol. The maximum Gasteiger partial charge on any atom is 0.332 e. The Morgan fingerprint density at radius 1 is 1.10 bits per heavy atom. The summed E-state index contributed by atoms with van der Waals surface area (Å²) in [4.78, 5) is 29.2. The van der Waals surface area contributed by atoms with Crippen molar-refractivity contribution in [1.29, 1.82) is 0 Å². The Hall–Kier alpha value is -3.59. The van der Waals surface area contributed by atoms with Crippen molar-refractivity contribution in [2.75, 3.05) is 19.0 Å². The second kappa shape index (κ2) is 7.68. The first kappa shape index (κ1) is 19.7. The molecule has 0 radical (unpaired) electrons. The van der Waals surface area contributed by atoms with Gasteiger partial charge in [-0.3, -0.25) is 13.9 Å². The van der Waals surface area contributed by atoms with Crippen LogP contribution in [0.15, 0.2) is 52.1 Å². The van der Waals surface area contributed by atoms with Crippen LogP contribution in [0, 0.1) is 0 Å². The fraction of sp³-hybridized carbons (Fsp3) is 0.286. The Morgan fingerprint density at radius 3 is 2.57 bits per heavy atom. The highest BCUT2D eigenvalue weighted by atomic mass is 16.5. The van der Waals surface area contributed by atoms with Crippen molar-refractivity contribution >= 4 is 27.9 Å². The normalized spacial score (nSPS) is 12.4. The Balaban J connectivity index is 1.60. The summed E-state index contributed by atoms with van der Waals surface area (Å²) >= 11 is 0. The number of aliphatic hydroxyl groups excluding tert-OH is 1. The number of aromatic nitrogens is 4. The molecule has 30 heavy (non-hydrogen) atoms. The number of rotatable bonds is 6. The zero-order valence-corrected chi connectivity index (χ0v) is 17.0. The van der Waals surface area contributed by atoms with Crippen molar-refractivity contribution in [3.63, 3.8) is 0 Å². The number of ether oxygens (including phenoxy) is 1. The summed E-state index contributed by atoms with van der Waals surface area (Å²) in [6, 6.07) is 13.7. The molecule has 156 valence electrons. The number of anilines is 1. The van der Waals surface area contributed by atoms with Crippen LogP contribution in [0.5, 0.6) is 5.75 Å². The van der Waals surface area contributed by atoms with Gasteiger partial charge in [0.05, 0.1) is 6.54 Å². The minimum Gasteiger partial charge on any atom is -0.491 e. The number of hydrogen-bond donors (Lipinski definition) is 2. The fourth-order valence-electron chi connectivity index (χ4n) is 3.53. The minimum absolute atomic E-state index is 0.0350. The number of hydrogen-bond acceptors (Lipinski definition) is 6. The first-order valence-electron chi connectivity index (χ1n) is 9.54. The van der Waals surface area contributed by atoms with E-state index in [1.165, 1.54) is 11.6 Å². The van der Waals surface area contributed by atoms with Gasteiger partial charge in [-0.2, -0.15) is 4.98 Å². The number of fused-ring (bicyclic) bond motifs is 2. The van der Waals surface area contributed by atoms with Crippen LogP contribution in [-0.4, -0.2) is 43.6 Å². The third kappa shape index (κ3) is 3.33. The zero-order valence-electron chi connectivity index (χ0n) is 17.0. The van der Waals surface area contributed by atoms with Gasteiger partial charge < -0.3 is 19.7 Å². The molecule has 2 aromatic heterocycles. The summed E-state index contributed by atoms with van der Waals surface area (Å²) in [5.41, 5.74) is -0.423. The number of imidazole rings is 1. The molecule has 0 aliphatic rings. The predicted octanol–water partition coefficient (Wildman–Crippen LogP) is 1.07. The average molecular weight is 409 g/mol. The van der Waals surface area contributed by atoms with Crippen LogP contribution < -0.4 is 21.3 Å². The van der Waals surface area contributed by atoms with Gasteiger partial charge in [0.25, 0.3) is 5.56 Å². The molecule has 0 spiro atoms. The highest BCUT2D eigenvalue weighted by Gasteiger charge is 2.20. The average Bonchev–Trinajstić information content (AvgIpc) is 3.13. The van der Waals surface area contributed by atoms with Gasteiger partial charge in [-0.15, -0.1) is 0 Å². The first-order chi connectivity index (χ1) is 14.4. The molecule has 4 aromatic rings. The van der Waals surface area contributed by atoms with Crippen LogP contribution in [0.1, 0.15) is 0 Å². The van der Waals surface area contributed by atoms with Gasteiger partial charge in [0.15, 0.2) is 11.2 Å². The quantitative estimate of drug-likeness (QED) is 0.494. The van der Waals surface area contributed by atoms with Crippen LogP contribution in [0.4, 0.5) is 5.95 Å². The molecule has 0 saturated heterocycles. The van der Waals surface area contributed by atoms with E-state index in [4.69, 9.17) is 4.74 Å². The summed E-state index contributed by atoms with van der Waals surface area (Å²) in [6.07, 6.45) is -0.900. The van der Waals surface area contributed by atoms with Gasteiger partial charge in [-0.05, 0) is 22.9 Å². The van der Waals surface area contributed by atoms with Crippen LogP contribution in [0.2, 0.25) is 0 Å². The zero-order chi connectivity index (χ0) is 21.4. The highest BCUT2D eigenvalue weighted by molar-refractivity contribution is 5.83. The van der Waals surface area contributed by atoms with E-state index in [9.17, 15) is 14.7 Å². The lowest BCUT2D eigenvalue weighted by Crippen LogP contribution is -2.38. The second-order valence-electron chi connectivity index (χ2n) is 7.15. The van der Waals surface area contributed by atoms with Gasteiger partial charge in [0.1, 0.15) is 18.5 Å². The molecule has 0 amide bonds. The Bertz CT molecular complexity index is 1350. The van der Waals surface area contributed by atoms with Gasteiger partial charge in [0, 0.05) is 21.1 Å². The summed E-state index contributed by atoms with van der Waals surface area (Å²) in [6.45, 7) is 0.112. The van der Waals surface area contributed by atoms with E-state index in [2.05, 4.69) is 10.3 Å². The fourth-order valence-corrected chi connectivity index (χ4v) is 3.53. The summed E-state index contributed by atoms with van der Waals surface area (Å²) in [7, 11) is 4.64. The second-order valence-corrected chi connectivity index (χ2v) is 7.15. The number of aliphatic hydroxyl groups is 1.